The van der Waals surface area contributed by atoms with E-state index in [4.69, 9.17) is 16.3 Å². The first-order chi connectivity index (χ1) is 15.3. The van der Waals surface area contributed by atoms with Crippen LogP contribution in [0.3, 0.4) is 0 Å². The van der Waals surface area contributed by atoms with Gasteiger partial charge in [0.2, 0.25) is 0 Å². The zero-order valence-corrected chi connectivity index (χ0v) is 18.5. The fourth-order valence-corrected chi connectivity index (χ4v) is 3.85. The zero-order valence-electron chi connectivity index (χ0n) is 17.7. The summed E-state index contributed by atoms with van der Waals surface area (Å²) in [6, 6.07) is 8.31. The molecule has 1 amide bonds. The summed E-state index contributed by atoms with van der Waals surface area (Å²) in [4.78, 5) is 25.4. The van der Waals surface area contributed by atoms with Crippen molar-refractivity contribution in [3.8, 4) is 16.9 Å². The molecule has 2 N–H and O–H groups in total. The number of pyridine rings is 1. The van der Waals surface area contributed by atoms with Crippen LogP contribution in [0.2, 0.25) is 5.02 Å². The van der Waals surface area contributed by atoms with Gasteiger partial charge in [0.05, 0.1) is 47.4 Å². The predicted octanol–water partition coefficient (Wildman–Crippen LogP) is 3.95. The highest BCUT2D eigenvalue weighted by Crippen LogP contribution is 2.36. The van der Waals surface area contributed by atoms with Gasteiger partial charge in [-0.2, -0.15) is 5.10 Å². The number of hydrogen-bond donors (Lipinski definition) is 2. The highest BCUT2D eigenvalue weighted by atomic mass is 35.5. The lowest BCUT2D eigenvalue weighted by Crippen LogP contribution is -2.12. The Labute approximate surface area is 189 Å². The summed E-state index contributed by atoms with van der Waals surface area (Å²) >= 11 is 6.62. The lowest BCUT2D eigenvalue weighted by Gasteiger charge is -2.13. The van der Waals surface area contributed by atoms with Gasteiger partial charge in [-0.25, -0.2) is 0 Å². The molecule has 0 bridgehead atoms. The van der Waals surface area contributed by atoms with Gasteiger partial charge in [0.25, 0.3) is 5.91 Å². The molecule has 4 rings (SSSR count). The van der Waals surface area contributed by atoms with Crippen LogP contribution in [0.1, 0.15) is 33.3 Å². The molecule has 0 radical (unpaired) electrons. The van der Waals surface area contributed by atoms with Crippen molar-refractivity contribution in [3.63, 3.8) is 0 Å². The number of fused-ring (bicyclic) bond motifs is 1. The second-order valence-corrected chi connectivity index (χ2v) is 7.72. The number of methoxy groups -OCH3 is 1. The Kier molecular flexibility index (Phi) is 5.73. The highest BCUT2D eigenvalue weighted by molar-refractivity contribution is 6.36. The summed E-state index contributed by atoms with van der Waals surface area (Å²) in [5.41, 5.74) is 3.50. The number of benzene rings is 1. The van der Waals surface area contributed by atoms with Crippen molar-refractivity contribution in [1.29, 1.82) is 0 Å². The number of aryl methyl sites for hydroxylation is 1. The number of aromatic nitrogens is 3. The summed E-state index contributed by atoms with van der Waals surface area (Å²) < 4.78 is 8.56. The molecule has 0 aliphatic rings. The van der Waals surface area contributed by atoms with E-state index in [2.05, 4.69) is 10.4 Å². The molecular formula is C23H21ClN4O4. The Morgan fingerprint density at radius 3 is 2.66 bits per heavy atom. The van der Waals surface area contributed by atoms with Crippen molar-refractivity contribution in [3.05, 3.63) is 70.8 Å². The summed E-state index contributed by atoms with van der Waals surface area (Å²) in [6.07, 6.45) is 5.13. The number of amides is 1. The van der Waals surface area contributed by atoms with Gasteiger partial charge < -0.3 is 19.6 Å². The van der Waals surface area contributed by atoms with Crippen LogP contribution in [0.5, 0.6) is 5.75 Å². The third kappa shape index (κ3) is 3.86. The van der Waals surface area contributed by atoms with E-state index in [1.165, 1.54) is 20.1 Å². The maximum Gasteiger partial charge on any atom is 0.257 e. The molecule has 0 fully saturated rings. The van der Waals surface area contributed by atoms with Crippen LogP contribution in [0, 0.1) is 0 Å². The van der Waals surface area contributed by atoms with Crippen LogP contribution in [0.15, 0.2) is 48.9 Å². The van der Waals surface area contributed by atoms with Gasteiger partial charge in [0.15, 0.2) is 5.78 Å². The van der Waals surface area contributed by atoms with Gasteiger partial charge >= 0.3 is 0 Å². The third-order valence-corrected chi connectivity index (χ3v) is 5.57. The summed E-state index contributed by atoms with van der Waals surface area (Å²) in [5.74, 6) is -0.0697. The minimum Gasteiger partial charge on any atom is -0.497 e. The number of anilines is 1. The number of carbonyl (C=O) groups excluding carboxylic acids is 2. The van der Waals surface area contributed by atoms with Crippen molar-refractivity contribution < 1.29 is 19.4 Å². The Hall–Kier alpha value is -3.62. The van der Waals surface area contributed by atoms with Gasteiger partial charge in [0.1, 0.15) is 5.75 Å². The van der Waals surface area contributed by atoms with E-state index < -0.39 is 5.91 Å². The average Bonchev–Trinajstić information content (AvgIpc) is 3.38. The van der Waals surface area contributed by atoms with Gasteiger partial charge in [-0.3, -0.25) is 14.3 Å². The topological polar surface area (TPSA) is 97.9 Å². The zero-order chi connectivity index (χ0) is 23.0. The number of rotatable bonds is 6. The lowest BCUT2D eigenvalue weighted by molar-refractivity contribution is 0.101. The first-order valence-corrected chi connectivity index (χ1v) is 10.1. The van der Waals surface area contributed by atoms with E-state index in [-0.39, 0.29) is 12.4 Å². The monoisotopic (exact) mass is 452 g/mol. The molecule has 4 aromatic rings. The number of nitrogens with zero attached hydrogens (tertiary/aromatic N) is 3. The largest absolute Gasteiger partial charge is 0.497 e. The molecule has 1 aromatic carbocycles. The van der Waals surface area contributed by atoms with Crippen molar-refractivity contribution in [2.45, 2.75) is 13.5 Å². The number of halogens is 1. The van der Waals surface area contributed by atoms with Gasteiger partial charge in [-0.05, 0) is 29.8 Å². The standard InChI is InChI=1S/C23H21ClN4O4/c1-13(30)20-9-18(21-8-16(32-3)4-5-28(20)21)23(31)26-19-7-14(12-29)6-17(22(19)24)15-10-25-27(2)11-15/h4-11,29H,12H2,1-3H3,(H,26,31). The van der Waals surface area contributed by atoms with E-state index >= 15 is 0 Å². The number of Topliss-reactive ketones (excluding diaryl/α,β-unsaturated/α-hetero) is 1. The van der Waals surface area contributed by atoms with Crippen LogP contribution in [0.25, 0.3) is 16.6 Å². The van der Waals surface area contributed by atoms with E-state index in [1.54, 1.807) is 59.0 Å². The number of hydrogen-bond acceptors (Lipinski definition) is 5. The molecule has 0 spiro atoms. The summed E-state index contributed by atoms with van der Waals surface area (Å²) in [6.45, 7) is 1.21. The van der Waals surface area contributed by atoms with Crippen molar-refractivity contribution in [1.82, 2.24) is 14.2 Å². The Bertz CT molecular complexity index is 1360. The van der Waals surface area contributed by atoms with Crippen LogP contribution >= 0.6 is 11.6 Å². The Balaban J connectivity index is 1.79. The van der Waals surface area contributed by atoms with E-state index in [1.807, 2.05) is 0 Å². The molecule has 0 unspecified atom stereocenters. The van der Waals surface area contributed by atoms with Crippen LogP contribution in [-0.4, -0.2) is 38.1 Å². The van der Waals surface area contributed by atoms with Crippen LogP contribution in [-0.2, 0) is 13.7 Å². The summed E-state index contributed by atoms with van der Waals surface area (Å²) in [5, 5.41) is 17.0. The van der Waals surface area contributed by atoms with E-state index in [0.29, 0.717) is 44.4 Å². The van der Waals surface area contributed by atoms with E-state index in [0.717, 1.165) is 5.56 Å². The molecule has 0 aliphatic heterocycles. The van der Waals surface area contributed by atoms with Crippen molar-refractivity contribution in [2.24, 2.45) is 7.05 Å². The first-order valence-electron chi connectivity index (χ1n) is 9.76. The molecule has 3 heterocycles. The van der Waals surface area contributed by atoms with E-state index in [9.17, 15) is 14.7 Å². The average molecular weight is 453 g/mol. The molecule has 8 nitrogen and oxygen atoms in total. The van der Waals surface area contributed by atoms with Crippen LogP contribution in [0.4, 0.5) is 5.69 Å². The molecule has 32 heavy (non-hydrogen) atoms. The smallest absolute Gasteiger partial charge is 0.257 e. The second kappa shape index (κ2) is 8.49. The Morgan fingerprint density at radius 1 is 1.25 bits per heavy atom. The molecule has 0 aliphatic carbocycles. The fourth-order valence-electron chi connectivity index (χ4n) is 3.59. The maximum atomic E-state index is 13.3. The number of ketones is 1. The number of nitrogens with one attached hydrogen (secondary N) is 1. The van der Waals surface area contributed by atoms with Crippen molar-refractivity contribution in [2.75, 3.05) is 12.4 Å². The minimum absolute atomic E-state index is 0.177. The Morgan fingerprint density at radius 2 is 2.03 bits per heavy atom. The van der Waals surface area contributed by atoms with Crippen molar-refractivity contribution >= 4 is 34.5 Å². The normalized spacial score (nSPS) is 11.0. The van der Waals surface area contributed by atoms with Crippen LogP contribution < -0.4 is 10.1 Å². The van der Waals surface area contributed by atoms with Gasteiger partial charge in [-0.1, -0.05) is 11.6 Å². The molecule has 0 saturated carbocycles. The number of ether oxygens (including phenoxy) is 1. The van der Waals surface area contributed by atoms with Gasteiger partial charge in [-0.15, -0.1) is 0 Å². The summed E-state index contributed by atoms with van der Waals surface area (Å²) in [7, 11) is 3.32. The fraction of sp³-hybridized carbons (Fsp3) is 0.174. The molecule has 3 aromatic heterocycles. The molecule has 9 heteroatoms. The first kappa shape index (κ1) is 21.6. The molecule has 164 valence electrons. The number of aliphatic hydroxyl groups is 1. The third-order valence-electron chi connectivity index (χ3n) is 5.16. The predicted molar refractivity (Wildman–Crippen MR) is 121 cm³/mol. The number of carbonyl (C=O) groups is 2. The maximum absolute atomic E-state index is 13.3. The SMILES string of the molecule is COc1ccn2c(C(C)=O)cc(C(=O)Nc3cc(CO)cc(-c4cnn(C)c4)c3Cl)c2c1. The second-order valence-electron chi connectivity index (χ2n) is 7.34. The molecule has 0 atom stereocenters. The lowest BCUT2D eigenvalue weighted by atomic mass is 10.0. The minimum atomic E-state index is -0.447. The van der Waals surface area contributed by atoms with Gasteiger partial charge in [0, 0.05) is 43.6 Å². The number of aliphatic hydroxyl groups excluding tert-OH is 1. The molecule has 0 saturated heterocycles. The quantitative estimate of drug-likeness (QED) is 0.432. The highest BCUT2D eigenvalue weighted by Gasteiger charge is 2.20. The molecular weight excluding hydrogens is 432 g/mol.